The summed E-state index contributed by atoms with van der Waals surface area (Å²) in [6, 6.07) is 3.79. The maximum Gasteiger partial charge on any atom is 0.151 e. The van der Waals surface area contributed by atoms with E-state index >= 15 is 0 Å². The molecule has 0 unspecified atom stereocenters. The average Bonchev–Trinajstić information content (AvgIpc) is 3.18. The highest BCUT2D eigenvalue weighted by Gasteiger charge is 2.20. The summed E-state index contributed by atoms with van der Waals surface area (Å²) < 4.78 is 16.9. The molecule has 3 aromatic heterocycles. The zero-order valence-corrected chi connectivity index (χ0v) is 16.5. The van der Waals surface area contributed by atoms with Crippen LogP contribution < -0.4 is 0 Å². The number of imidazole rings is 1. The van der Waals surface area contributed by atoms with E-state index in [0.717, 1.165) is 51.7 Å². The number of aromatic nitrogens is 5. The van der Waals surface area contributed by atoms with Gasteiger partial charge in [-0.3, -0.25) is 0 Å². The second-order valence-electron chi connectivity index (χ2n) is 8.20. The molecule has 1 aromatic carbocycles. The maximum absolute atomic E-state index is 14.8. The molecule has 1 N–H and O–H groups in total. The Balaban J connectivity index is 1.61. The van der Waals surface area contributed by atoms with Crippen molar-refractivity contribution in [1.29, 1.82) is 0 Å². The van der Waals surface area contributed by atoms with E-state index in [1.165, 1.54) is 19.3 Å². The van der Waals surface area contributed by atoms with Crippen LogP contribution in [-0.4, -0.2) is 24.5 Å². The van der Waals surface area contributed by atoms with Gasteiger partial charge in [0.1, 0.15) is 22.8 Å². The Morgan fingerprint density at radius 2 is 2.07 bits per heavy atom. The molecule has 6 heteroatoms. The van der Waals surface area contributed by atoms with Crippen molar-refractivity contribution in [3.05, 3.63) is 42.0 Å². The first-order chi connectivity index (χ1) is 13.5. The van der Waals surface area contributed by atoms with Crippen LogP contribution in [0, 0.1) is 18.7 Å². The van der Waals surface area contributed by atoms with Gasteiger partial charge in [0, 0.05) is 35.8 Å². The maximum atomic E-state index is 14.8. The van der Waals surface area contributed by atoms with Crippen LogP contribution in [0.15, 0.2) is 24.5 Å². The van der Waals surface area contributed by atoms with E-state index in [0.29, 0.717) is 5.52 Å². The fourth-order valence-electron chi connectivity index (χ4n) is 4.31. The molecule has 1 aliphatic rings. The molecule has 1 fully saturated rings. The predicted octanol–water partition coefficient (Wildman–Crippen LogP) is 5.35. The second kappa shape index (κ2) is 6.40. The van der Waals surface area contributed by atoms with E-state index in [4.69, 9.17) is 4.98 Å². The molecule has 5 rings (SSSR count). The third-order valence-electron chi connectivity index (χ3n) is 5.93. The first kappa shape index (κ1) is 17.3. The summed E-state index contributed by atoms with van der Waals surface area (Å²) in [7, 11) is 0. The SMILES string of the molecule is Cc1nc2c(F)cc(-c3c[nH]c4nc(CC5CCC5)ncc34)cc2n1C(C)C. The van der Waals surface area contributed by atoms with Crippen molar-refractivity contribution < 1.29 is 4.39 Å². The molecular weight excluding hydrogens is 353 g/mol. The Morgan fingerprint density at radius 1 is 1.25 bits per heavy atom. The summed E-state index contributed by atoms with van der Waals surface area (Å²) in [5.74, 6) is 2.14. The van der Waals surface area contributed by atoms with Crippen molar-refractivity contribution in [2.75, 3.05) is 0 Å². The number of aryl methyl sites for hydroxylation is 1. The summed E-state index contributed by atoms with van der Waals surface area (Å²) in [5.41, 5.74) is 3.79. The molecule has 5 nitrogen and oxygen atoms in total. The molecule has 0 spiro atoms. The zero-order valence-electron chi connectivity index (χ0n) is 16.5. The van der Waals surface area contributed by atoms with E-state index < -0.39 is 0 Å². The van der Waals surface area contributed by atoms with Crippen LogP contribution in [0.1, 0.15) is 50.8 Å². The van der Waals surface area contributed by atoms with Gasteiger partial charge in [-0.1, -0.05) is 19.3 Å². The van der Waals surface area contributed by atoms with Gasteiger partial charge in [0.2, 0.25) is 0 Å². The molecule has 1 aliphatic carbocycles. The van der Waals surface area contributed by atoms with Crippen molar-refractivity contribution in [3.8, 4) is 11.1 Å². The molecular formula is C22H24FN5. The van der Waals surface area contributed by atoms with Crippen LogP contribution in [0.4, 0.5) is 4.39 Å². The molecule has 0 atom stereocenters. The Labute approximate surface area is 163 Å². The lowest BCUT2D eigenvalue weighted by atomic mass is 9.83. The summed E-state index contributed by atoms with van der Waals surface area (Å²) in [5, 5.41) is 0.920. The minimum absolute atomic E-state index is 0.208. The summed E-state index contributed by atoms with van der Waals surface area (Å²) in [6.45, 7) is 6.09. The standard InChI is InChI=1S/C22H24FN5/c1-12(2)28-13(3)26-21-18(23)8-15(9-19(21)28)16-10-25-22-17(16)11-24-20(27-22)7-14-5-4-6-14/h8-12,14H,4-7H2,1-3H3,(H,24,25,27). The second-order valence-corrected chi connectivity index (χ2v) is 8.20. The molecule has 1 saturated carbocycles. The van der Waals surface area contributed by atoms with Crippen molar-refractivity contribution in [2.45, 2.75) is 52.5 Å². The van der Waals surface area contributed by atoms with Crippen LogP contribution in [0.5, 0.6) is 0 Å². The van der Waals surface area contributed by atoms with Gasteiger partial charge in [0.15, 0.2) is 5.82 Å². The lowest BCUT2D eigenvalue weighted by Gasteiger charge is -2.24. The minimum Gasteiger partial charge on any atom is -0.345 e. The molecule has 144 valence electrons. The van der Waals surface area contributed by atoms with Crippen molar-refractivity contribution in [2.24, 2.45) is 5.92 Å². The quantitative estimate of drug-likeness (QED) is 0.522. The molecule has 0 amide bonds. The fraction of sp³-hybridized carbons (Fsp3) is 0.409. The molecule has 3 heterocycles. The predicted molar refractivity (Wildman–Crippen MR) is 109 cm³/mol. The van der Waals surface area contributed by atoms with Crippen LogP contribution >= 0.6 is 0 Å². The number of benzene rings is 1. The smallest absolute Gasteiger partial charge is 0.151 e. The molecule has 28 heavy (non-hydrogen) atoms. The number of hydrogen-bond donors (Lipinski definition) is 1. The summed E-state index contributed by atoms with van der Waals surface area (Å²) >= 11 is 0. The van der Waals surface area contributed by atoms with E-state index in [-0.39, 0.29) is 11.9 Å². The highest BCUT2D eigenvalue weighted by molar-refractivity contribution is 5.95. The normalized spacial score (nSPS) is 15.0. The first-order valence-electron chi connectivity index (χ1n) is 10.0. The Bertz CT molecular complexity index is 1180. The van der Waals surface area contributed by atoms with E-state index in [1.54, 1.807) is 6.07 Å². The molecule has 0 radical (unpaired) electrons. The minimum atomic E-state index is -0.299. The lowest BCUT2D eigenvalue weighted by Crippen LogP contribution is -2.15. The van der Waals surface area contributed by atoms with Crippen LogP contribution in [0.3, 0.4) is 0 Å². The van der Waals surface area contributed by atoms with Gasteiger partial charge in [-0.2, -0.15) is 0 Å². The van der Waals surface area contributed by atoms with Gasteiger partial charge >= 0.3 is 0 Å². The number of fused-ring (bicyclic) bond motifs is 2. The molecule has 0 bridgehead atoms. The van der Waals surface area contributed by atoms with Crippen LogP contribution in [0.25, 0.3) is 33.2 Å². The number of halogens is 1. The van der Waals surface area contributed by atoms with E-state index in [9.17, 15) is 4.39 Å². The fourth-order valence-corrected chi connectivity index (χ4v) is 4.31. The van der Waals surface area contributed by atoms with Gasteiger partial charge in [-0.25, -0.2) is 19.3 Å². The molecule has 0 aliphatic heterocycles. The highest BCUT2D eigenvalue weighted by Crippen LogP contribution is 2.33. The average molecular weight is 377 g/mol. The van der Waals surface area contributed by atoms with Gasteiger partial charge in [-0.05, 0) is 44.4 Å². The summed E-state index contributed by atoms with van der Waals surface area (Å²) in [4.78, 5) is 17.0. The number of H-pyrrole nitrogens is 1. The van der Waals surface area contributed by atoms with Crippen molar-refractivity contribution >= 4 is 22.1 Å². The molecule has 0 saturated heterocycles. The number of rotatable bonds is 4. The van der Waals surface area contributed by atoms with Gasteiger partial charge < -0.3 is 9.55 Å². The molecule has 4 aromatic rings. The van der Waals surface area contributed by atoms with Crippen LogP contribution in [0.2, 0.25) is 0 Å². The zero-order chi connectivity index (χ0) is 19.4. The number of nitrogens with one attached hydrogen (secondary N) is 1. The monoisotopic (exact) mass is 377 g/mol. The van der Waals surface area contributed by atoms with Crippen molar-refractivity contribution in [3.63, 3.8) is 0 Å². The van der Waals surface area contributed by atoms with E-state index in [2.05, 4.69) is 33.4 Å². The third kappa shape index (κ3) is 2.70. The van der Waals surface area contributed by atoms with E-state index in [1.807, 2.05) is 25.4 Å². The Kier molecular flexibility index (Phi) is 3.96. The van der Waals surface area contributed by atoms with Gasteiger partial charge in [-0.15, -0.1) is 0 Å². The Hall–Kier alpha value is -2.76. The number of nitrogens with zero attached hydrogens (tertiary/aromatic N) is 4. The largest absolute Gasteiger partial charge is 0.345 e. The lowest BCUT2D eigenvalue weighted by molar-refractivity contribution is 0.309. The highest BCUT2D eigenvalue weighted by atomic mass is 19.1. The third-order valence-corrected chi connectivity index (χ3v) is 5.93. The van der Waals surface area contributed by atoms with Gasteiger partial charge in [0.05, 0.1) is 5.52 Å². The number of aromatic amines is 1. The topological polar surface area (TPSA) is 59.4 Å². The van der Waals surface area contributed by atoms with Crippen LogP contribution in [-0.2, 0) is 6.42 Å². The first-order valence-corrected chi connectivity index (χ1v) is 10.0. The van der Waals surface area contributed by atoms with Crippen molar-refractivity contribution in [1.82, 2.24) is 24.5 Å². The Morgan fingerprint density at radius 3 is 2.79 bits per heavy atom. The van der Waals surface area contributed by atoms with Gasteiger partial charge in [0.25, 0.3) is 0 Å². The number of hydrogen-bond acceptors (Lipinski definition) is 3. The summed E-state index contributed by atoms with van der Waals surface area (Å²) in [6.07, 6.45) is 8.59.